The molecule has 0 aliphatic rings. The van der Waals surface area contributed by atoms with E-state index in [4.69, 9.17) is 4.74 Å². The van der Waals surface area contributed by atoms with Crippen LogP contribution in [0.4, 0.5) is 10.1 Å². The maximum absolute atomic E-state index is 13.4. The first-order chi connectivity index (χ1) is 8.25. The van der Waals surface area contributed by atoms with Crippen molar-refractivity contribution in [2.75, 3.05) is 45.3 Å². The average Bonchev–Trinajstić information content (AvgIpc) is 2.34. The van der Waals surface area contributed by atoms with Gasteiger partial charge in [-0.05, 0) is 25.1 Å². The number of para-hydroxylation sites is 1. The van der Waals surface area contributed by atoms with Crippen molar-refractivity contribution in [2.24, 2.45) is 0 Å². The first-order valence-electron chi connectivity index (χ1n) is 5.91. The van der Waals surface area contributed by atoms with Gasteiger partial charge in [-0.1, -0.05) is 12.1 Å². The molecule has 0 unspecified atom stereocenters. The summed E-state index contributed by atoms with van der Waals surface area (Å²) in [6.45, 7) is 3.34. The van der Waals surface area contributed by atoms with Gasteiger partial charge in [0.15, 0.2) is 0 Å². The first kappa shape index (κ1) is 13.9. The Morgan fingerprint density at radius 3 is 2.76 bits per heavy atom. The zero-order valence-corrected chi connectivity index (χ0v) is 10.6. The zero-order valence-electron chi connectivity index (χ0n) is 10.6. The largest absolute Gasteiger partial charge is 0.383 e. The summed E-state index contributed by atoms with van der Waals surface area (Å²) in [7, 11) is 3.60. The topological polar surface area (TPSA) is 24.5 Å². The minimum atomic E-state index is -0.164. The molecule has 0 fully saturated rings. The van der Waals surface area contributed by atoms with Gasteiger partial charge in [-0.3, -0.25) is 0 Å². The Labute approximate surface area is 103 Å². The van der Waals surface area contributed by atoms with E-state index < -0.39 is 0 Å². The normalized spacial score (nSPS) is 10.5. The van der Waals surface area contributed by atoms with Crippen molar-refractivity contribution in [2.45, 2.75) is 6.42 Å². The summed E-state index contributed by atoms with van der Waals surface area (Å²) < 4.78 is 18.4. The number of hydrogen-bond acceptors (Lipinski definition) is 3. The highest BCUT2D eigenvalue weighted by atomic mass is 19.1. The van der Waals surface area contributed by atoms with Crippen molar-refractivity contribution in [1.29, 1.82) is 0 Å². The molecule has 0 heterocycles. The molecule has 0 atom stereocenters. The second-order valence-electron chi connectivity index (χ2n) is 3.97. The molecule has 0 spiro atoms. The number of hydrogen-bond donors (Lipinski definition) is 1. The van der Waals surface area contributed by atoms with E-state index >= 15 is 0 Å². The lowest BCUT2D eigenvalue weighted by atomic mass is 10.2. The van der Waals surface area contributed by atoms with E-state index in [9.17, 15) is 4.39 Å². The molecular weight excluding hydrogens is 219 g/mol. The van der Waals surface area contributed by atoms with Gasteiger partial charge >= 0.3 is 0 Å². The summed E-state index contributed by atoms with van der Waals surface area (Å²) in [4.78, 5) is 1.94. The fourth-order valence-corrected chi connectivity index (χ4v) is 1.62. The Morgan fingerprint density at radius 1 is 1.29 bits per heavy atom. The van der Waals surface area contributed by atoms with Crippen LogP contribution in [0.25, 0.3) is 0 Å². The maximum Gasteiger partial charge on any atom is 0.146 e. The van der Waals surface area contributed by atoms with Crippen molar-refractivity contribution >= 4 is 5.69 Å². The van der Waals surface area contributed by atoms with Crippen molar-refractivity contribution in [3.8, 4) is 0 Å². The van der Waals surface area contributed by atoms with E-state index in [1.165, 1.54) is 6.07 Å². The predicted molar refractivity (Wildman–Crippen MR) is 69.0 cm³/mol. The van der Waals surface area contributed by atoms with Crippen LogP contribution in [0.15, 0.2) is 24.3 Å². The van der Waals surface area contributed by atoms with Crippen molar-refractivity contribution < 1.29 is 9.13 Å². The maximum atomic E-state index is 13.4. The summed E-state index contributed by atoms with van der Waals surface area (Å²) in [6.07, 6.45) is 0.981. The Balaban J connectivity index is 2.21. The van der Waals surface area contributed by atoms with E-state index in [0.717, 1.165) is 32.7 Å². The van der Waals surface area contributed by atoms with Gasteiger partial charge in [-0.25, -0.2) is 4.39 Å². The molecule has 0 saturated carbocycles. The van der Waals surface area contributed by atoms with Crippen LogP contribution in [-0.4, -0.2) is 40.4 Å². The highest BCUT2D eigenvalue weighted by molar-refractivity contribution is 5.46. The van der Waals surface area contributed by atoms with Gasteiger partial charge in [-0.2, -0.15) is 0 Å². The van der Waals surface area contributed by atoms with Crippen molar-refractivity contribution in [3.63, 3.8) is 0 Å². The van der Waals surface area contributed by atoms with Gasteiger partial charge in [0.05, 0.1) is 12.3 Å². The number of anilines is 1. The number of nitrogens with one attached hydrogen (secondary N) is 1. The van der Waals surface area contributed by atoms with Gasteiger partial charge in [0.25, 0.3) is 0 Å². The zero-order chi connectivity index (χ0) is 12.5. The second-order valence-corrected chi connectivity index (χ2v) is 3.97. The molecule has 1 aromatic carbocycles. The fourth-order valence-electron chi connectivity index (χ4n) is 1.62. The Morgan fingerprint density at radius 2 is 2.06 bits per heavy atom. The van der Waals surface area contributed by atoms with Crippen LogP contribution >= 0.6 is 0 Å². The standard InChI is InChI=1S/C13H21FN2O/c1-16(10-5-8-15-9-11-17-2)13-7-4-3-6-12(13)14/h3-4,6-7,15H,5,8-11H2,1-2H3. The van der Waals surface area contributed by atoms with Crippen LogP contribution in [0.1, 0.15) is 6.42 Å². The number of methoxy groups -OCH3 is 1. The van der Waals surface area contributed by atoms with E-state index in [1.807, 2.05) is 18.0 Å². The molecule has 0 radical (unpaired) electrons. The molecule has 17 heavy (non-hydrogen) atoms. The number of rotatable bonds is 8. The van der Waals surface area contributed by atoms with E-state index in [-0.39, 0.29) is 5.82 Å². The summed E-state index contributed by atoms with van der Waals surface area (Å²) in [5, 5.41) is 3.26. The third-order valence-corrected chi connectivity index (χ3v) is 2.59. The quantitative estimate of drug-likeness (QED) is 0.702. The van der Waals surface area contributed by atoms with E-state index in [2.05, 4.69) is 5.32 Å². The van der Waals surface area contributed by atoms with Gasteiger partial charge < -0.3 is 15.0 Å². The third-order valence-electron chi connectivity index (χ3n) is 2.59. The molecule has 4 heteroatoms. The molecule has 0 aromatic heterocycles. The molecule has 1 rings (SSSR count). The van der Waals surface area contributed by atoms with Crippen LogP contribution < -0.4 is 10.2 Å². The van der Waals surface area contributed by atoms with Crippen LogP contribution in [0.5, 0.6) is 0 Å². The lowest BCUT2D eigenvalue weighted by Crippen LogP contribution is -2.26. The Hall–Kier alpha value is -1.13. The molecule has 0 aliphatic carbocycles. The lowest BCUT2D eigenvalue weighted by Gasteiger charge is -2.19. The predicted octanol–water partition coefficient (Wildman–Crippen LogP) is 1.89. The fraction of sp³-hybridized carbons (Fsp3) is 0.538. The number of halogens is 1. The van der Waals surface area contributed by atoms with E-state index in [1.54, 1.807) is 19.2 Å². The molecule has 1 N–H and O–H groups in total. The third kappa shape index (κ3) is 5.15. The summed E-state index contributed by atoms with van der Waals surface area (Å²) in [5.74, 6) is -0.164. The molecule has 0 bridgehead atoms. The minimum absolute atomic E-state index is 0.164. The number of ether oxygens (including phenoxy) is 1. The van der Waals surface area contributed by atoms with Crippen molar-refractivity contribution in [1.82, 2.24) is 5.32 Å². The van der Waals surface area contributed by atoms with Crippen LogP contribution in [0, 0.1) is 5.82 Å². The molecule has 3 nitrogen and oxygen atoms in total. The lowest BCUT2D eigenvalue weighted by molar-refractivity contribution is 0.199. The molecule has 0 amide bonds. The van der Waals surface area contributed by atoms with Gasteiger partial charge in [0.1, 0.15) is 5.82 Å². The molecule has 0 aliphatic heterocycles. The van der Waals surface area contributed by atoms with Crippen molar-refractivity contribution in [3.05, 3.63) is 30.1 Å². The Bertz CT molecular complexity index is 320. The summed E-state index contributed by atoms with van der Waals surface area (Å²) in [6, 6.07) is 6.85. The summed E-state index contributed by atoms with van der Waals surface area (Å²) in [5.41, 5.74) is 0.657. The first-order valence-corrected chi connectivity index (χ1v) is 5.91. The smallest absolute Gasteiger partial charge is 0.146 e. The molecule has 96 valence electrons. The number of benzene rings is 1. The monoisotopic (exact) mass is 240 g/mol. The second kappa shape index (κ2) is 8.03. The molecule has 1 aromatic rings. The molecular formula is C13H21FN2O. The van der Waals surface area contributed by atoms with Crippen LogP contribution in [-0.2, 0) is 4.74 Å². The van der Waals surface area contributed by atoms with E-state index in [0.29, 0.717) is 5.69 Å². The van der Waals surface area contributed by atoms with Gasteiger partial charge in [0, 0.05) is 27.2 Å². The van der Waals surface area contributed by atoms with Gasteiger partial charge in [-0.15, -0.1) is 0 Å². The van der Waals surface area contributed by atoms with Crippen LogP contribution in [0.2, 0.25) is 0 Å². The highest BCUT2D eigenvalue weighted by Crippen LogP contribution is 2.16. The summed E-state index contributed by atoms with van der Waals surface area (Å²) >= 11 is 0. The average molecular weight is 240 g/mol. The van der Waals surface area contributed by atoms with Crippen LogP contribution in [0.3, 0.4) is 0 Å². The SMILES string of the molecule is COCCNCCCN(C)c1ccccc1F. The van der Waals surface area contributed by atoms with Gasteiger partial charge in [0.2, 0.25) is 0 Å². The number of nitrogens with zero attached hydrogens (tertiary/aromatic N) is 1. The highest BCUT2D eigenvalue weighted by Gasteiger charge is 2.05. The molecule has 0 saturated heterocycles. The Kier molecular flexibility index (Phi) is 6.58. The minimum Gasteiger partial charge on any atom is -0.383 e.